The second kappa shape index (κ2) is 38.3. The van der Waals surface area contributed by atoms with Gasteiger partial charge in [0.05, 0.1) is 48.2 Å². The van der Waals surface area contributed by atoms with Gasteiger partial charge in [-0.3, -0.25) is 37.9 Å². The molecule has 12 aromatic rings. The summed E-state index contributed by atoms with van der Waals surface area (Å²) in [5.41, 5.74) is 22.7. The van der Waals surface area contributed by atoms with Crippen LogP contribution in [0, 0.1) is 27.7 Å². The topological polar surface area (TPSA) is 322 Å². The highest BCUT2D eigenvalue weighted by molar-refractivity contribution is 6.02. The predicted molar refractivity (Wildman–Crippen MR) is 452 cm³/mol. The van der Waals surface area contributed by atoms with Gasteiger partial charge in [0.1, 0.15) is 47.7 Å². The van der Waals surface area contributed by atoms with Gasteiger partial charge in [-0.05, 0) is 144 Å². The molecule has 0 saturated heterocycles. The number of nitrogens with zero attached hydrogens (tertiary/aromatic N) is 16. The molecule has 0 radical (unpaired) electrons. The number of carbonyl (C=O) groups is 4. The SMILES string of the molecule is CC[C@@H](CO)Oc1nccc2c1C(=O)N(Cc1ccc(-c3cn(C)nc3C)cc1)C2.CC[C@@H](O)COc1nccc2c1C(=O)N(Cc1ccc(-c3cn(C)nc3C)cc1)C2.CC[C@H](CO)Oc1nccc2c1C(=O)N(Cc1ccc(-c3cn(C)nc3C)cc1)C2.CC[C@H](O)COc1nccc2c1C(=O)N(Cc1ccc(-c3cn(C)nc3C)cc1)C2. The molecule has 0 aliphatic carbocycles. The van der Waals surface area contributed by atoms with E-state index in [1.54, 1.807) is 44.4 Å². The van der Waals surface area contributed by atoms with Crippen molar-refractivity contribution >= 4 is 23.6 Å². The zero-order valence-corrected chi connectivity index (χ0v) is 70.0. The van der Waals surface area contributed by atoms with Crippen molar-refractivity contribution in [3.05, 3.63) is 260 Å². The zero-order valence-electron chi connectivity index (χ0n) is 70.0. The van der Waals surface area contributed by atoms with Crippen molar-refractivity contribution in [3.63, 3.8) is 0 Å². The van der Waals surface area contributed by atoms with Gasteiger partial charge in [-0.1, -0.05) is 125 Å². The van der Waals surface area contributed by atoms with Crippen LogP contribution in [0.1, 0.15) is 162 Å². The summed E-state index contributed by atoms with van der Waals surface area (Å²) in [7, 11) is 7.66. The number of ether oxygens (including phenoxy) is 4. The van der Waals surface area contributed by atoms with Crippen molar-refractivity contribution in [2.45, 2.75) is 158 Å². The van der Waals surface area contributed by atoms with Crippen molar-refractivity contribution in [2.75, 3.05) is 26.4 Å². The Labute approximate surface area is 698 Å². The van der Waals surface area contributed by atoms with E-state index in [9.17, 15) is 39.6 Å². The number of amides is 4. The van der Waals surface area contributed by atoms with Gasteiger partial charge < -0.3 is 59.0 Å². The van der Waals surface area contributed by atoms with Crippen LogP contribution in [0.15, 0.2) is 171 Å². The highest BCUT2D eigenvalue weighted by Crippen LogP contribution is 2.37. The Balaban J connectivity index is 0.000000138. The number of hydrogen-bond donors (Lipinski definition) is 4. The monoisotopic (exact) mass is 1620 g/mol. The first-order valence-corrected chi connectivity index (χ1v) is 40.5. The summed E-state index contributed by atoms with van der Waals surface area (Å²) in [4.78, 5) is 76.2. The Hall–Kier alpha value is -12.8. The van der Waals surface area contributed by atoms with Gasteiger partial charge in [0.15, 0.2) is 0 Å². The first kappa shape index (κ1) is 85.1. The van der Waals surface area contributed by atoms with Gasteiger partial charge in [-0.25, -0.2) is 19.9 Å². The molecule has 0 saturated carbocycles. The Morgan fingerprint density at radius 2 is 0.575 bits per heavy atom. The Kier molecular flexibility index (Phi) is 27.2. The molecular formula is C92H104N16O12. The molecule has 120 heavy (non-hydrogen) atoms. The second-order valence-electron chi connectivity index (χ2n) is 30.6. The average Bonchev–Trinajstić information content (AvgIpc) is 1.65. The fourth-order valence-electron chi connectivity index (χ4n) is 15.0. The van der Waals surface area contributed by atoms with E-state index in [0.29, 0.717) is 124 Å². The van der Waals surface area contributed by atoms with Gasteiger partial charge in [0.2, 0.25) is 23.5 Å². The van der Waals surface area contributed by atoms with Crippen LogP contribution in [0.4, 0.5) is 0 Å². The van der Waals surface area contributed by atoms with Gasteiger partial charge in [0, 0.05) is 152 Å². The first-order valence-electron chi connectivity index (χ1n) is 40.5. The number of hydrogen-bond acceptors (Lipinski definition) is 20. The number of aryl methyl sites for hydroxylation is 8. The van der Waals surface area contributed by atoms with Gasteiger partial charge in [-0.2, -0.15) is 20.4 Å². The van der Waals surface area contributed by atoms with Gasteiger partial charge in [-0.15, -0.1) is 0 Å². The quantitative estimate of drug-likeness (QED) is 0.0354. The fraction of sp³-hybridized carbons (Fsp3) is 0.348. The lowest BCUT2D eigenvalue weighted by Gasteiger charge is -2.17. The number of fused-ring (bicyclic) bond motifs is 4. The molecule has 4 atom stereocenters. The minimum Gasteiger partial charge on any atom is -0.474 e. The highest BCUT2D eigenvalue weighted by Gasteiger charge is 2.37. The van der Waals surface area contributed by atoms with Gasteiger partial charge in [0.25, 0.3) is 23.6 Å². The minimum absolute atomic E-state index is 0.0897. The van der Waals surface area contributed by atoms with E-state index >= 15 is 0 Å². The van der Waals surface area contributed by atoms with Crippen LogP contribution in [0.2, 0.25) is 0 Å². The first-order chi connectivity index (χ1) is 57.9. The molecule has 16 rings (SSSR count). The van der Waals surface area contributed by atoms with Crippen molar-refractivity contribution in [2.24, 2.45) is 28.2 Å². The lowest BCUT2D eigenvalue weighted by Crippen LogP contribution is -2.25. The van der Waals surface area contributed by atoms with Crippen LogP contribution in [-0.2, 0) is 80.5 Å². The standard InChI is InChI=1S/4C23H26N4O3/c2*1-4-19(28)14-30-22-21-18(9-10-24-22)12-27(23(21)29)11-16-5-7-17(8-6-16)20-13-26(3)25-15(20)2;2*1-4-19(14-28)30-22-21-18(9-10-24-22)12-27(23(21)29)11-16-5-7-17(8-6-16)20-13-26(3)25-15(20)2/h4*5-10,13,19,28H,4,11-12,14H2,1-3H3/t4*19-/m1010/s1. The van der Waals surface area contributed by atoms with E-state index in [0.717, 1.165) is 112 Å². The maximum atomic E-state index is 13.0. The summed E-state index contributed by atoms with van der Waals surface area (Å²) in [6.45, 7) is 19.8. The number of benzene rings is 4. The number of pyridine rings is 4. The Bertz CT molecular complexity index is 5250. The fourth-order valence-corrected chi connectivity index (χ4v) is 15.0. The summed E-state index contributed by atoms with van der Waals surface area (Å²) in [6, 6.07) is 40.3. The normalized spacial score (nSPS) is 14.1. The predicted octanol–water partition coefficient (Wildman–Crippen LogP) is 12.4. The maximum Gasteiger partial charge on any atom is 0.260 e. The summed E-state index contributed by atoms with van der Waals surface area (Å²) < 4.78 is 30.1. The molecule has 4 aliphatic rings. The molecule has 4 amide bonds. The van der Waals surface area contributed by atoms with Crippen LogP contribution in [-0.4, -0.2) is 174 Å². The zero-order chi connectivity index (χ0) is 85.0. The van der Waals surface area contributed by atoms with Crippen LogP contribution in [0.25, 0.3) is 44.5 Å². The molecule has 0 unspecified atom stereocenters. The summed E-state index contributed by atoms with van der Waals surface area (Å²) in [5, 5.41) is 55.9. The molecule has 12 heterocycles. The second-order valence-corrected chi connectivity index (χ2v) is 30.6. The van der Waals surface area contributed by atoms with Crippen LogP contribution >= 0.6 is 0 Å². The van der Waals surface area contributed by atoms with E-state index in [1.165, 1.54) is 0 Å². The third kappa shape index (κ3) is 19.6. The van der Waals surface area contributed by atoms with Gasteiger partial charge >= 0.3 is 0 Å². The highest BCUT2D eigenvalue weighted by atomic mass is 16.5. The van der Waals surface area contributed by atoms with E-state index in [4.69, 9.17) is 18.9 Å². The van der Waals surface area contributed by atoms with Crippen molar-refractivity contribution < 1.29 is 58.6 Å². The summed E-state index contributed by atoms with van der Waals surface area (Å²) in [6.07, 6.45) is 15.2. The minimum atomic E-state index is -0.572. The van der Waals surface area contributed by atoms with E-state index < -0.39 is 12.2 Å². The van der Waals surface area contributed by atoms with Crippen LogP contribution in [0.3, 0.4) is 0 Å². The molecule has 4 aromatic carbocycles. The number of aromatic nitrogens is 12. The van der Waals surface area contributed by atoms with E-state index in [-0.39, 0.29) is 62.3 Å². The molecule has 8 aromatic heterocycles. The number of aliphatic hydroxyl groups is 4. The van der Waals surface area contributed by atoms with Crippen molar-refractivity contribution in [1.29, 1.82) is 0 Å². The number of aliphatic hydroxyl groups excluding tert-OH is 4. The molecule has 624 valence electrons. The number of carbonyl (C=O) groups excluding carboxylic acids is 4. The third-order valence-corrected chi connectivity index (χ3v) is 21.7. The Morgan fingerprint density at radius 3 is 0.783 bits per heavy atom. The Morgan fingerprint density at radius 1 is 0.342 bits per heavy atom. The lowest BCUT2D eigenvalue weighted by molar-refractivity contribution is 0.0742. The van der Waals surface area contributed by atoms with E-state index in [1.807, 2.05) is 200 Å². The molecule has 4 N–H and O–H groups in total. The van der Waals surface area contributed by atoms with E-state index in [2.05, 4.69) is 88.9 Å². The molecule has 0 fully saturated rings. The average molecular weight is 1630 g/mol. The van der Waals surface area contributed by atoms with Crippen molar-refractivity contribution in [3.8, 4) is 68.0 Å². The van der Waals surface area contributed by atoms with Crippen LogP contribution < -0.4 is 18.9 Å². The molecule has 4 aliphatic heterocycles. The van der Waals surface area contributed by atoms with Crippen molar-refractivity contribution in [1.82, 2.24) is 78.7 Å². The summed E-state index contributed by atoms with van der Waals surface area (Å²) in [5.74, 6) is 0.857. The molecule has 28 heteroatoms. The number of rotatable bonds is 28. The summed E-state index contributed by atoms with van der Waals surface area (Å²) >= 11 is 0. The maximum absolute atomic E-state index is 13.0. The molecule has 0 bridgehead atoms. The smallest absolute Gasteiger partial charge is 0.260 e. The largest absolute Gasteiger partial charge is 0.474 e. The van der Waals surface area contributed by atoms with Crippen LogP contribution in [0.5, 0.6) is 23.5 Å². The molecule has 0 spiro atoms. The molecular weight excluding hydrogens is 1520 g/mol. The lowest BCUT2D eigenvalue weighted by atomic mass is 10.0. The third-order valence-electron chi connectivity index (χ3n) is 21.7. The molecule has 28 nitrogen and oxygen atoms in total.